The molecular weight excluding hydrogens is 226 g/mol. The molecule has 1 rings (SSSR count). The maximum atomic E-state index is 11.7. The lowest BCUT2D eigenvalue weighted by Crippen LogP contribution is -2.41. The first kappa shape index (κ1) is 15.4. The van der Waals surface area contributed by atoms with Crippen LogP contribution in [0.1, 0.15) is 46.0 Å². The van der Waals surface area contributed by atoms with E-state index in [-0.39, 0.29) is 5.91 Å². The number of hydrogen-bond donors (Lipinski definition) is 2. The molecule has 1 aliphatic carbocycles. The summed E-state index contributed by atoms with van der Waals surface area (Å²) in [5, 5.41) is 3.03. The van der Waals surface area contributed by atoms with E-state index in [4.69, 9.17) is 5.73 Å². The molecule has 0 aromatic heterocycles. The number of nitrogens with zero attached hydrogens (tertiary/aromatic N) is 1. The summed E-state index contributed by atoms with van der Waals surface area (Å²) in [6, 6.07) is 1.18. The van der Waals surface area contributed by atoms with Crippen LogP contribution in [0.2, 0.25) is 0 Å². The fraction of sp³-hybridized carbons (Fsp3) is 0.929. The maximum absolute atomic E-state index is 11.7. The van der Waals surface area contributed by atoms with Gasteiger partial charge >= 0.3 is 0 Å². The molecule has 2 atom stereocenters. The van der Waals surface area contributed by atoms with Crippen molar-refractivity contribution < 1.29 is 4.79 Å². The molecule has 0 radical (unpaired) electrons. The van der Waals surface area contributed by atoms with E-state index in [2.05, 4.69) is 31.1 Å². The minimum Gasteiger partial charge on any atom is -0.355 e. The molecule has 0 aromatic carbocycles. The van der Waals surface area contributed by atoms with Crippen molar-refractivity contribution in [1.82, 2.24) is 10.2 Å². The third kappa shape index (κ3) is 5.83. The highest BCUT2D eigenvalue weighted by atomic mass is 16.1. The molecular formula is C14H29N3O. The minimum atomic E-state index is 0.176. The molecule has 4 nitrogen and oxygen atoms in total. The highest BCUT2D eigenvalue weighted by Crippen LogP contribution is 2.26. The second-order valence-electron chi connectivity index (χ2n) is 5.77. The molecule has 3 N–H and O–H groups in total. The standard InChI is InChI=1S/C14H29N3O/c1-11(8-9-15)4-7-14(18)16-10-12(2)17(3)13-5-6-13/h11-13H,4-10,15H2,1-3H3,(H,16,18). The summed E-state index contributed by atoms with van der Waals surface area (Å²) < 4.78 is 0. The van der Waals surface area contributed by atoms with Crippen LogP contribution in [0.3, 0.4) is 0 Å². The first-order valence-electron chi connectivity index (χ1n) is 7.23. The molecule has 0 bridgehead atoms. The first-order valence-corrected chi connectivity index (χ1v) is 7.23. The van der Waals surface area contributed by atoms with Crippen molar-refractivity contribution in [2.24, 2.45) is 11.7 Å². The molecule has 1 aliphatic rings. The van der Waals surface area contributed by atoms with Gasteiger partial charge in [-0.3, -0.25) is 9.69 Å². The second-order valence-corrected chi connectivity index (χ2v) is 5.77. The maximum Gasteiger partial charge on any atom is 0.220 e. The Balaban J connectivity index is 2.08. The van der Waals surface area contributed by atoms with Gasteiger partial charge in [-0.1, -0.05) is 6.92 Å². The van der Waals surface area contributed by atoms with Crippen LogP contribution in [0, 0.1) is 5.92 Å². The van der Waals surface area contributed by atoms with Gasteiger partial charge in [0.1, 0.15) is 0 Å². The van der Waals surface area contributed by atoms with E-state index in [1.807, 2.05) is 0 Å². The van der Waals surface area contributed by atoms with Crippen LogP contribution >= 0.6 is 0 Å². The number of likely N-dealkylation sites (N-methyl/N-ethyl adjacent to an activating group) is 1. The largest absolute Gasteiger partial charge is 0.355 e. The topological polar surface area (TPSA) is 58.4 Å². The van der Waals surface area contributed by atoms with Crippen LogP contribution < -0.4 is 11.1 Å². The lowest BCUT2D eigenvalue weighted by atomic mass is 10.0. The van der Waals surface area contributed by atoms with E-state index >= 15 is 0 Å². The van der Waals surface area contributed by atoms with Gasteiger partial charge in [-0.05, 0) is 52.1 Å². The molecule has 1 amide bonds. The lowest BCUT2D eigenvalue weighted by Gasteiger charge is -2.24. The molecule has 106 valence electrons. The smallest absolute Gasteiger partial charge is 0.220 e. The number of nitrogens with two attached hydrogens (primary N) is 1. The summed E-state index contributed by atoms with van der Waals surface area (Å²) in [5.41, 5.74) is 5.50. The van der Waals surface area contributed by atoms with Crippen LogP contribution in [-0.4, -0.2) is 43.0 Å². The molecule has 0 saturated heterocycles. The molecule has 1 fully saturated rings. The zero-order valence-electron chi connectivity index (χ0n) is 12.1. The van der Waals surface area contributed by atoms with Crippen LogP contribution in [0.25, 0.3) is 0 Å². The highest BCUT2D eigenvalue weighted by Gasteiger charge is 2.29. The summed E-state index contributed by atoms with van der Waals surface area (Å²) in [4.78, 5) is 14.1. The Kier molecular flexibility index (Phi) is 6.65. The van der Waals surface area contributed by atoms with Crippen molar-refractivity contribution >= 4 is 5.91 Å². The summed E-state index contributed by atoms with van der Waals surface area (Å²) in [6.45, 7) is 5.81. The van der Waals surface area contributed by atoms with E-state index in [9.17, 15) is 4.79 Å². The Bertz CT molecular complexity index is 253. The summed E-state index contributed by atoms with van der Waals surface area (Å²) >= 11 is 0. The summed E-state index contributed by atoms with van der Waals surface area (Å²) in [5.74, 6) is 0.724. The molecule has 0 aliphatic heterocycles. The van der Waals surface area contributed by atoms with Crippen molar-refractivity contribution in [2.45, 2.75) is 58.0 Å². The SMILES string of the molecule is CC(CCN)CCC(=O)NCC(C)N(C)C1CC1. The zero-order valence-corrected chi connectivity index (χ0v) is 12.1. The van der Waals surface area contributed by atoms with E-state index in [0.717, 1.165) is 25.4 Å². The Labute approximate surface area is 111 Å². The van der Waals surface area contributed by atoms with Gasteiger partial charge in [-0.2, -0.15) is 0 Å². The van der Waals surface area contributed by atoms with Gasteiger partial charge in [-0.25, -0.2) is 0 Å². The quantitative estimate of drug-likeness (QED) is 0.654. The summed E-state index contributed by atoms with van der Waals surface area (Å²) in [7, 11) is 2.15. The van der Waals surface area contributed by atoms with Crippen LogP contribution in [-0.2, 0) is 4.79 Å². The van der Waals surface area contributed by atoms with Gasteiger partial charge in [-0.15, -0.1) is 0 Å². The molecule has 4 heteroatoms. The second kappa shape index (κ2) is 7.74. The van der Waals surface area contributed by atoms with Crippen molar-refractivity contribution in [3.63, 3.8) is 0 Å². The average molecular weight is 255 g/mol. The van der Waals surface area contributed by atoms with Gasteiger partial charge < -0.3 is 11.1 Å². The molecule has 18 heavy (non-hydrogen) atoms. The Hall–Kier alpha value is -0.610. The van der Waals surface area contributed by atoms with Gasteiger partial charge in [0, 0.05) is 25.0 Å². The predicted octanol–water partition coefficient (Wildman–Crippen LogP) is 1.35. The van der Waals surface area contributed by atoms with Crippen molar-refractivity contribution in [3.8, 4) is 0 Å². The average Bonchev–Trinajstić information content (AvgIpc) is 3.17. The van der Waals surface area contributed by atoms with Crippen LogP contribution in [0.5, 0.6) is 0 Å². The van der Waals surface area contributed by atoms with Crippen molar-refractivity contribution in [3.05, 3.63) is 0 Å². The highest BCUT2D eigenvalue weighted by molar-refractivity contribution is 5.75. The fourth-order valence-electron chi connectivity index (χ4n) is 2.14. The Morgan fingerprint density at radius 1 is 1.39 bits per heavy atom. The van der Waals surface area contributed by atoms with Gasteiger partial charge in [0.05, 0.1) is 0 Å². The zero-order chi connectivity index (χ0) is 13.5. The molecule has 1 saturated carbocycles. The molecule has 0 aromatic rings. The first-order chi connectivity index (χ1) is 8.54. The number of amides is 1. The number of carbonyl (C=O) groups is 1. The monoisotopic (exact) mass is 255 g/mol. The van der Waals surface area contributed by atoms with E-state index in [0.29, 0.717) is 24.9 Å². The third-order valence-electron chi connectivity index (χ3n) is 3.94. The Morgan fingerprint density at radius 3 is 2.61 bits per heavy atom. The number of nitrogens with one attached hydrogen (secondary N) is 1. The minimum absolute atomic E-state index is 0.176. The normalized spacial score (nSPS) is 18.7. The van der Waals surface area contributed by atoms with Gasteiger partial charge in [0.2, 0.25) is 5.91 Å². The lowest BCUT2D eigenvalue weighted by molar-refractivity contribution is -0.121. The van der Waals surface area contributed by atoms with Crippen molar-refractivity contribution in [2.75, 3.05) is 20.1 Å². The number of carbonyl (C=O) groups excluding carboxylic acids is 1. The van der Waals surface area contributed by atoms with Crippen molar-refractivity contribution in [1.29, 1.82) is 0 Å². The van der Waals surface area contributed by atoms with Gasteiger partial charge in [0.15, 0.2) is 0 Å². The molecule has 0 spiro atoms. The van der Waals surface area contributed by atoms with E-state index in [1.165, 1.54) is 12.8 Å². The molecule has 2 unspecified atom stereocenters. The van der Waals surface area contributed by atoms with E-state index < -0.39 is 0 Å². The fourth-order valence-corrected chi connectivity index (χ4v) is 2.14. The number of hydrogen-bond acceptors (Lipinski definition) is 3. The molecule has 0 heterocycles. The van der Waals surface area contributed by atoms with Crippen LogP contribution in [0.15, 0.2) is 0 Å². The Morgan fingerprint density at radius 2 is 2.06 bits per heavy atom. The van der Waals surface area contributed by atoms with E-state index in [1.54, 1.807) is 0 Å². The predicted molar refractivity (Wildman–Crippen MR) is 75.3 cm³/mol. The summed E-state index contributed by atoms with van der Waals surface area (Å²) in [6.07, 6.45) is 5.20. The van der Waals surface area contributed by atoms with Crippen LogP contribution in [0.4, 0.5) is 0 Å². The van der Waals surface area contributed by atoms with Gasteiger partial charge in [0.25, 0.3) is 0 Å². The number of rotatable bonds is 9. The third-order valence-corrected chi connectivity index (χ3v) is 3.94.